The second kappa shape index (κ2) is 7.38. The lowest BCUT2D eigenvalue weighted by Crippen LogP contribution is -2.07. The highest BCUT2D eigenvalue weighted by Gasteiger charge is 2.11. The summed E-state index contributed by atoms with van der Waals surface area (Å²) in [6.45, 7) is -0.0483. The van der Waals surface area contributed by atoms with E-state index in [1.165, 1.54) is 18.2 Å². The van der Waals surface area contributed by atoms with Crippen molar-refractivity contribution in [2.45, 2.75) is 12.5 Å². The molecule has 2 aromatic rings. The van der Waals surface area contributed by atoms with Crippen LogP contribution >= 0.6 is 11.3 Å². The van der Waals surface area contributed by atoms with Crippen LogP contribution in [0.1, 0.15) is 16.5 Å². The first-order valence-corrected chi connectivity index (χ1v) is 8.23. The number of nitrogens with one attached hydrogen (secondary N) is 1. The van der Waals surface area contributed by atoms with Gasteiger partial charge >= 0.3 is 4.87 Å². The van der Waals surface area contributed by atoms with E-state index in [0.717, 1.165) is 16.9 Å². The highest BCUT2D eigenvalue weighted by molar-refractivity contribution is 7.09. The Morgan fingerprint density at radius 3 is 2.80 bits per heavy atom. The largest absolute Gasteiger partial charge is 0.494 e. The maximum absolute atomic E-state index is 13.1. The molecule has 0 bridgehead atoms. The minimum atomic E-state index is -0.960. The van der Waals surface area contributed by atoms with Crippen molar-refractivity contribution in [3.63, 3.8) is 0 Å². The van der Waals surface area contributed by atoms with E-state index in [4.69, 9.17) is 4.74 Å². The van der Waals surface area contributed by atoms with Crippen molar-refractivity contribution < 1.29 is 19.3 Å². The van der Waals surface area contributed by atoms with Crippen molar-refractivity contribution in [2.75, 3.05) is 6.61 Å². The van der Waals surface area contributed by atoms with Crippen molar-refractivity contribution in [1.82, 2.24) is 4.98 Å². The van der Waals surface area contributed by atoms with Gasteiger partial charge in [-0.05, 0) is 35.6 Å². The third-order valence-electron chi connectivity index (χ3n) is 3.46. The van der Waals surface area contributed by atoms with Crippen LogP contribution in [-0.4, -0.2) is 21.8 Å². The quantitative estimate of drug-likeness (QED) is 0.693. The minimum Gasteiger partial charge on any atom is -0.494 e. The number of allylic oxidation sites excluding steroid dienone is 3. The van der Waals surface area contributed by atoms with E-state index in [1.807, 2.05) is 0 Å². The number of benzene rings is 1. The molecule has 3 rings (SSSR count). The molecular formula is C18H14FNO4S. The number of halogens is 1. The molecule has 3 N–H and O–H groups in total. The zero-order valence-corrected chi connectivity index (χ0v) is 13.8. The molecule has 5 nitrogen and oxygen atoms in total. The Morgan fingerprint density at radius 1 is 1.32 bits per heavy atom. The van der Waals surface area contributed by atoms with E-state index in [0.29, 0.717) is 22.6 Å². The van der Waals surface area contributed by atoms with Crippen molar-refractivity contribution in [3.05, 3.63) is 85.1 Å². The number of hydrogen-bond donors (Lipinski definition) is 3. The van der Waals surface area contributed by atoms with Gasteiger partial charge in [-0.25, -0.2) is 4.39 Å². The number of hydrogen-bond acceptors (Lipinski definition) is 5. The molecule has 0 saturated heterocycles. The van der Waals surface area contributed by atoms with Gasteiger partial charge in [-0.3, -0.25) is 9.78 Å². The number of thiazole rings is 1. The van der Waals surface area contributed by atoms with E-state index >= 15 is 0 Å². The Kier molecular flexibility index (Phi) is 5.03. The van der Waals surface area contributed by atoms with Crippen molar-refractivity contribution in [2.24, 2.45) is 0 Å². The van der Waals surface area contributed by atoms with E-state index in [2.05, 4.69) is 16.4 Å². The monoisotopic (exact) mass is 359 g/mol. The van der Waals surface area contributed by atoms with E-state index in [9.17, 15) is 19.4 Å². The highest BCUT2D eigenvalue weighted by atomic mass is 32.1. The first-order valence-electron chi connectivity index (χ1n) is 7.41. The van der Waals surface area contributed by atoms with Gasteiger partial charge in [0.15, 0.2) is 5.76 Å². The third-order valence-corrected chi connectivity index (χ3v) is 4.34. The third kappa shape index (κ3) is 4.38. The first-order chi connectivity index (χ1) is 12.0. The second-order valence-electron chi connectivity index (χ2n) is 5.32. The van der Waals surface area contributed by atoms with Crippen LogP contribution in [0.5, 0.6) is 5.88 Å². The number of aromatic hydroxyl groups is 1. The Bertz CT molecular complexity index is 975. The number of aromatic amines is 1. The van der Waals surface area contributed by atoms with Crippen LogP contribution < -0.4 is 4.87 Å². The normalized spacial score (nSPS) is 14.2. The Morgan fingerprint density at radius 2 is 2.16 bits per heavy atom. The number of aromatic nitrogens is 1. The molecule has 1 aliphatic carbocycles. The summed E-state index contributed by atoms with van der Waals surface area (Å²) < 4.78 is 18.6. The van der Waals surface area contributed by atoms with Crippen LogP contribution in [0, 0.1) is 5.82 Å². The molecule has 1 aromatic carbocycles. The summed E-state index contributed by atoms with van der Waals surface area (Å²) in [5, 5.41) is 19.6. The fraction of sp³-hybridized carbons (Fsp3) is 0.167. The molecule has 0 amide bonds. The molecule has 1 aromatic heterocycles. The van der Waals surface area contributed by atoms with Crippen LogP contribution in [0.25, 0.3) is 0 Å². The first kappa shape index (κ1) is 17.0. The lowest BCUT2D eigenvalue weighted by Gasteiger charge is -2.12. The van der Waals surface area contributed by atoms with Gasteiger partial charge < -0.3 is 14.9 Å². The minimum absolute atomic E-state index is 0.0483. The summed E-state index contributed by atoms with van der Waals surface area (Å²) in [5.74, 6) is -0.177. The van der Waals surface area contributed by atoms with Gasteiger partial charge in [0.1, 0.15) is 18.5 Å². The summed E-state index contributed by atoms with van der Waals surface area (Å²) in [6, 6.07) is 5.69. The van der Waals surface area contributed by atoms with Gasteiger partial charge in [0.05, 0.1) is 4.88 Å². The molecule has 1 atom stereocenters. The van der Waals surface area contributed by atoms with Crippen LogP contribution in [0.15, 0.2) is 64.0 Å². The molecular weight excluding hydrogens is 345 g/mol. The molecule has 7 heteroatoms. The number of ether oxygens (including phenoxy) is 1. The van der Waals surface area contributed by atoms with Crippen molar-refractivity contribution in [3.8, 4) is 5.88 Å². The molecule has 0 fully saturated rings. The summed E-state index contributed by atoms with van der Waals surface area (Å²) in [7, 11) is 0. The summed E-state index contributed by atoms with van der Waals surface area (Å²) in [5.41, 5.74) is 6.84. The van der Waals surface area contributed by atoms with E-state index < -0.39 is 11.9 Å². The van der Waals surface area contributed by atoms with Crippen LogP contribution in [0.3, 0.4) is 0 Å². The molecule has 0 radical (unpaired) electrons. The maximum Gasteiger partial charge on any atom is 0.307 e. The second-order valence-corrected chi connectivity index (χ2v) is 6.39. The SMILES string of the molecule is O=c1[nH]c(O)c(CC2=C=C=C(OCC(O)c3cccc(F)c3)C=C2)s1. The number of H-pyrrole nitrogens is 1. The van der Waals surface area contributed by atoms with Gasteiger partial charge in [0.2, 0.25) is 5.88 Å². The summed E-state index contributed by atoms with van der Waals surface area (Å²) >= 11 is 0.936. The van der Waals surface area contributed by atoms with Crippen LogP contribution in [-0.2, 0) is 11.2 Å². The molecule has 0 saturated carbocycles. The predicted octanol–water partition coefficient (Wildman–Crippen LogP) is 2.71. The molecule has 1 aliphatic rings. The van der Waals surface area contributed by atoms with E-state index in [-0.39, 0.29) is 17.4 Å². The van der Waals surface area contributed by atoms with Crippen molar-refractivity contribution in [1.29, 1.82) is 0 Å². The lowest BCUT2D eigenvalue weighted by atomic mass is 10.1. The molecule has 128 valence electrons. The zero-order valence-electron chi connectivity index (χ0n) is 13.0. The zero-order chi connectivity index (χ0) is 17.8. The van der Waals surface area contributed by atoms with Crippen LogP contribution in [0.2, 0.25) is 0 Å². The predicted molar refractivity (Wildman–Crippen MR) is 90.8 cm³/mol. The van der Waals surface area contributed by atoms with Gasteiger partial charge in [-0.15, -0.1) is 0 Å². The van der Waals surface area contributed by atoms with Crippen molar-refractivity contribution >= 4 is 11.3 Å². The van der Waals surface area contributed by atoms with Gasteiger partial charge in [0, 0.05) is 12.0 Å². The van der Waals surface area contributed by atoms with Gasteiger partial charge in [0.25, 0.3) is 0 Å². The van der Waals surface area contributed by atoms with Gasteiger partial charge in [-0.2, -0.15) is 0 Å². The topological polar surface area (TPSA) is 82.6 Å². The molecule has 0 spiro atoms. The maximum atomic E-state index is 13.1. The summed E-state index contributed by atoms with van der Waals surface area (Å²) in [4.78, 5) is 13.7. The van der Waals surface area contributed by atoms with E-state index in [1.54, 1.807) is 18.2 Å². The Hall–Kier alpha value is -2.82. The standard InChI is InChI=1S/C18H14FNO4S/c19-13-3-1-2-12(9-13)15(21)10-24-14-6-4-11(5-7-14)8-16-17(22)20-18(23)25-16/h1-4,6,9,15,21-22H,8,10H2,(H,20,23). The average molecular weight is 359 g/mol. The molecule has 1 unspecified atom stereocenters. The molecule has 1 heterocycles. The van der Waals surface area contributed by atoms with Gasteiger partial charge in [-0.1, -0.05) is 29.2 Å². The highest BCUT2D eigenvalue weighted by Crippen LogP contribution is 2.22. The molecule has 0 aliphatic heterocycles. The Labute approximate surface area is 146 Å². The number of rotatable bonds is 6. The average Bonchev–Trinajstić information content (AvgIpc) is 2.91. The fourth-order valence-corrected chi connectivity index (χ4v) is 2.96. The lowest BCUT2D eigenvalue weighted by molar-refractivity contribution is 0.0756. The fourth-order valence-electron chi connectivity index (χ4n) is 2.21. The van der Waals surface area contributed by atoms with Crippen LogP contribution in [0.4, 0.5) is 4.39 Å². The Balaban J connectivity index is 1.65. The smallest absolute Gasteiger partial charge is 0.307 e. The molecule has 25 heavy (non-hydrogen) atoms. The summed E-state index contributed by atoms with van der Waals surface area (Å²) in [6.07, 6.45) is 2.76. The number of aliphatic hydroxyl groups is 1. The number of aliphatic hydroxyl groups excluding tert-OH is 1.